The number of ketones is 1. The van der Waals surface area contributed by atoms with Crippen LogP contribution < -0.4 is 14.8 Å². The van der Waals surface area contributed by atoms with E-state index in [0.717, 1.165) is 11.3 Å². The number of anilines is 1. The number of aromatic nitrogens is 1. The molecule has 0 aliphatic carbocycles. The van der Waals surface area contributed by atoms with E-state index in [1.54, 1.807) is 25.1 Å². The fraction of sp³-hybridized carbons (Fsp3) is 0.267. The molecule has 6 nitrogen and oxygen atoms in total. The van der Waals surface area contributed by atoms with Gasteiger partial charge in [-0.25, -0.2) is 4.98 Å². The highest BCUT2D eigenvalue weighted by atomic mass is 32.1. The number of ether oxygens (including phenoxy) is 2. The molecule has 0 atom stereocenters. The van der Waals surface area contributed by atoms with Crippen molar-refractivity contribution < 1.29 is 19.1 Å². The predicted molar refractivity (Wildman–Crippen MR) is 84.0 cm³/mol. The highest BCUT2D eigenvalue weighted by molar-refractivity contribution is 7.17. The van der Waals surface area contributed by atoms with Gasteiger partial charge >= 0.3 is 0 Å². The van der Waals surface area contributed by atoms with Crippen LogP contribution in [-0.2, 0) is 4.79 Å². The molecule has 22 heavy (non-hydrogen) atoms. The van der Waals surface area contributed by atoms with Gasteiger partial charge in [0, 0.05) is 6.92 Å². The van der Waals surface area contributed by atoms with Crippen molar-refractivity contribution in [1.82, 2.24) is 4.98 Å². The summed E-state index contributed by atoms with van der Waals surface area (Å²) in [6.07, 6.45) is 0. The van der Waals surface area contributed by atoms with Crippen LogP contribution in [0.2, 0.25) is 0 Å². The molecule has 7 heteroatoms. The molecule has 1 aromatic heterocycles. The third-order valence-corrected chi connectivity index (χ3v) is 3.96. The van der Waals surface area contributed by atoms with Crippen LogP contribution in [0.4, 0.5) is 5.13 Å². The summed E-state index contributed by atoms with van der Waals surface area (Å²) in [5, 5.41) is 3.00. The van der Waals surface area contributed by atoms with Crippen LogP contribution >= 0.6 is 11.3 Å². The Morgan fingerprint density at radius 2 is 1.95 bits per heavy atom. The fourth-order valence-corrected chi connectivity index (χ4v) is 2.69. The minimum atomic E-state index is -0.352. The summed E-state index contributed by atoms with van der Waals surface area (Å²) < 4.78 is 10.6. The van der Waals surface area contributed by atoms with Gasteiger partial charge in [-0.3, -0.25) is 14.9 Å². The van der Waals surface area contributed by atoms with Crippen LogP contribution in [0.15, 0.2) is 24.3 Å². The number of methoxy groups -OCH3 is 1. The summed E-state index contributed by atoms with van der Waals surface area (Å²) in [5.74, 6) is 0.620. The molecule has 0 unspecified atom stereocenters. The Balaban J connectivity index is 1.96. The second kappa shape index (κ2) is 7.04. The summed E-state index contributed by atoms with van der Waals surface area (Å²) in [4.78, 5) is 27.9. The number of aryl methyl sites for hydroxylation is 1. The number of amides is 1. The standard InChI is InChI=1S/C15H16N2O4S/c1-9-14(10(2)18)22-15(16-9)17-13(19)8-21-12-7-5-4-6-11(12)20-3/h4-7H,8H2,1-3H3,(H,16,17,19). The van der Waals surface area contributed by atoms with Crippen LogP contribution in [0.1, 0.15) is 22.3 Å². The average Bonchev–Trinajstić information content (AvgIpc) is 2.86. The van der Waals surface area contributed by atoms with Crippen molar-refractivity contribution in [2.24, 2.45) is 0 Å². The van der Waals surface area contributed by atoms with Gasteiger partial charge in [0.05, 0.1) is 17.7 Å². The van der Waals surface area contributed by atoms with Crippen molar-refractivity contribution in [2.75, 3.05) is 19.0 Å². The van der Waals surface area contributed by atoms with Crippen LogP contribution in [0.5, 0.6) is 11.5 Å². The molecular weight excluding hydrogens is 304 g/mol. The van der Waals surface area contributed by atoms with Crippen LogP contribution in [0.25, 0.3) is 0 Å². The molecule has 0 bridgehead atoms. The van der Waals surface area contributed by atoms with Crippen LogP contribution in [0.3, 0.4) is 0 Å². The van der Waals surface area contributed by atoms with Crippen molar-refractivity contribution in [2.45, 2.75) is 13.8 Å². The topological polar surface area (TPSA) is 77.5 Å². The number of thiazole rings is 1. The second-order valence-corrected chi connectivity index (χ2v) is 5.48. The van der Waals surface area contributed by atoms with E-state index in [2.05, 4.69) is 10.3 Å². The highest BCUT2D eigenvalue weighted by Gasteiger charge is 2.14. The molecule has 0 fully saturated rings. The van der Waals surface area contributed by atoms with Crippen molar-refractivity contribution in [1.29, 1.82) is 0 Å². The van der Waals surface area contributed by atoms with E-state index in [1.165, 1.54) is 14.0 Å². The molecule has 2 rings (SSSR count). The number of hydrogen-bond donors (Lipinski definition) is 1. The van der Waals surface area contributed by atoms with Gasteiger partial charge < -0.3 is 9.47 Å². The van der Waals surface area contributed by atoms with E-state index in [1.807, 2.05) is 6.07 Å². The fourth-order valence-electron chi connectivity index (χ4n) is 1.81. The molecule has 0 saturated carbocycles. The zero-order chi connectivity index (χ0) is 16.1. The van der Waals surface area contributed by atoms with Crippen molar-refractivity contribution in [3.05, 3.63) is 34.8 Å². The number of hydrogen-bond acceptors (Lipinski definition) is 6. The lowest BCUT2D eigenvalue weighted by Crippen LogP contribution is -2.20. The number of carbonyl (C=O) groups excluding carboxylic acids is 2. The van der Waals surface area contributed by atoms with E-state index in [4.69, 9.17) is 9.47 Å². The van der Waals surface area contributed by atoms with E-state index in [0.29, 0.717) is 27.2 Å². The van der Waals surface area contributed by atoms with Crippen molar-refractivity contribution >= 4 is 28.2 Å². The van der Waals surface area contributed by atoms with E-state index in [-0.39, 0.29) is 18.3 Å². The minimum absolute atomic E-state index is 0.0687. The maximum atomic E-state index is 11.9. The molecule has 1 amide bonds. The lowest BCUT2D eigenvalue weighted by Gasteiger charge is -2.09. The van der Waals surface area contributed by atoms with Gasteiger partial charge in [0.15, 0.2) is 29.0 Å². The third-order valence-electron chi connectivity index (χ3n) is 2.79. The zero-order valence-electron chi connectivity index (χ0n) is 12.5. The highest BCUT2D eigenvalue weighted by Crippen LogP contribution is 2.26. The summed E-state index contributed by atoms with van der Waals surface area (Å²) in [6, 6.07) is 7.07. The van der Waals surface area contributed by atoms with Gasteiger partial charge in [-0.2, -0.15) is 0 Å². The Morgan fingerprint density at radius 1 is 1.27 bits per heavy atom. The van der Waals surface area contributed by atoms with Gasteiger partial charge in [-0.1, -0.05) is 23.5 Å². The Bertz CT molecular complexity index is 697. The largest absolute Gasteiger partial charge is 0.493 e. The number of carbonyl (C=O) groups is 2. The Morgan fingerprint density at radius 3 is 2.55 bits per heavy atom. The van der Waals surface area contributed by atoms with Crippen molar-refractivity contribution in [3.8, 4) is 11.5 Å². The molecule has 2 aromatic rings. The quantitative estimate of drug-likeness (QED) is 0.828. The molecule has 116 valence electrons. The Kier molecular flexibility index (Phi) is 5.11. The lowest BCUT2D eigenvalue weighted by molar-refractivity contribution is -0.118. The van der Waals surface area contributed by atoms with Crippen LogP contribution in [0, 0.1) is 6.92 Å². The summed E-state index contributed by atoms with van der Waals surface area (Å²) in [7, 11) is 1.53. The normalized spacial score (nSPS) is 10.1. The second-order valence-electron chi connectivity index (χ2n) is 4.48. The number of nitrogens with one attached hydrogen (secondary N) is 1. The Hall–Kier alpha value is -2.41. The molecular formula is C15H16N2O4S. The summed E-state index contributed by atoms with van der Waals surface area (Å²) in [5.41, 5.74) is 0.610. The van der Waals surface area contributed by atoms with Gasteiger partial charge in [-0.15, -0.1) is 0 Å². The zero-order valence-corrected chi connectivity index (χ0v) is 13.3. The molecule has 1 aromatic carbocycles. The number of rotatable bonds is 6. The molecule has 1 heterocycles. The maximum absolute atomic E-state index is 11.9. The summed E-state index contributed by atoms with van der Waals surface area (Å²) >= 11 is 1.15. The maximum Gasteiger partial charge on any atom is 0.264 e. The third kappa shape index (κ3) is 3.82. The number of benzene rings is 1. The smallest absolute Gasteiger partial charge is 0.264 e. The SMILES string of the molecule is COc1ccccc1OCC(=O)Nc1nc(C)c(C(C)=O)s1. The van der Waals surface area contributed by atoms with Gasteiger partial charge in [0.2, 0.25) is 0 Å². The Labute approximate surface area is 132 Å². The monoisotopic (exact) mass is 320 g/mol. The lowest BCUT2D eigenvalue weighted by atomic mass is 10.3. The number of para-hydroxylation sites is 2. The number of nitrogens with zero attached hydrogens (tertiary/aromatic N) is 1. The van der Waals surface area contributed by atoms with Gasteiger partial charge in [0.1, 0.15) is 0 Å². The summed E-state index contributed by atoms with van der Waals surface area (Å²) in [6.45, 7) is 3.03. The first-order valence-corrected chi connectivity index (χ1v) is 7.37. The van der Waals surface area contributed by atoms with Crippen molar-refractivity contribution in [3.63, 3.8) is 0 Å². The average molecular weight is 320 g/mol. The van der Waals surface area contributed by atoms with Gasteiger partial charge in [-0.05, 0) is 19.1 Å². The van der Waals surface area contributed by atoms with E-state index < -0.39 is 0 Å². The molecule has 0 saturated heterocycles. The molecule has 0 spiro atoms. The molecule has 0 radical (unpaired) electrons. The van der Waals surface area contributed by atoms with E-state index >= 15 is 0 Å². The minimum Gasteiger partial charge on any atom is -0.493 e. The van der Waals surface area contributed by atoms with Gasteiger partial charge in [0.25, 0.3) is 5.91 Å². The molecule has 1 N–H and O–H groups in total. The number of Topliss-reactive ketones (excluding diaryl/α,β-unsaturated/α-hetero) is 1. The first-order chi connectivity index (χ1) is 10.5. The first-order valence-electron chi connectivity index (χ1n) is 6.55. The van der Waals surface area contributed by atoms with E-state index in [9.17, 15) is 9.59 Å². The van der Waals surface area contributed by atoms with Crippen LogP contribution in [-0.4, -0.2) is 30.4 Å². The predicted octanol–water partition coefficient (Wildman–Crippen LogP) is 2.68. The molecule has 0 aliphatic heterocycles. The first kappa shape index (κ1) is 16.0. The molecule has 0 aliphatic rings.